The number of methoxy groups -OCH3 is 1. The summed E-state index contributed by atoms with van der Waals surface area (Å²) in [6.07, 6.45) is 0. The third-order valence-corrected chi connectivity index (χ3v) is 4.20. The number of hydrogen-bond donors (Lipinski definition) is 0. The first-order valence-electron chi connectivity index (χ1n) is 9.03. The summed E-state index contributed by atoms with van der Waals surface area (Å²) in [6.45, 7) is 2.15. The molecule has 1 aliphatic rings. The molecule has 0 unspecified atom stereocenters. The van der Waals surface area contributed by atoms with Gasteiger partial charge in [0.2, 0.25) is 0 Å². The zero-order chi connectivity index (χ0) is 21.7. The Hall–Kier alpha value is -3.82. The van der Waals surface area contributed by atoms with Gasteiger partial charge in [-0.3, -0.25) is 14.9 Å². The van der Waals surface area contributed by atoms with Crippen LogP contribution in [0, 0.1) is 10.1 Å². The van der Waals surface area contributed by atoms with Gasteiger partial charge in [0.05, 0.1) is 24.7 Å². The maximum Gasteiger partial charge on any atom is 0.345 e. The molecule has 0 bridgehead atoms. The van der Waals surface area contributed by atoms with Gasteiger partial charge >= 0.3 is 5.97 Å². The molecule has 0 radical (unpaired) electrons. The number of carbonyl (C=O) groups excluding carboxylic acids is 2. The van der Waals surface area contributed by atoms with Crippen molar-refractivity contribution in [2.24, 2.45) is 0 Å². The molecule has 1 heterocycles. The van der Waals surface area contributed by atoms with Crippen molar-refractivity contribution in [2.45, 2.75) is 6.92 Å². The first-order chi connectivity index (χ1) is 14.4. The number of esters is 1. The van der Waals surface area contributed by atoms with Gasteiger partial charge in [-0.15, -0.1) is 0 Å². The molecule has 3 rings (SSSR count). The molecule has 0 atom stereocenters. The number of ketones is 1. The Bertz CT molecular complexity index is 986. The highest BCUT2D eigenvalue weighted by Gasteiger charge is 2.26. The Kier molecular flexibility index (Phi) is 6.35. The maximum atomic E-state index is 12.5. The van der Waals surface area contributed by atoms with Gasteiger partial charge in [0.1, 0.15) is 18.8 Å². The van der Waals surface area contributed by atoms with E-state index in [1.807, 2.05) is 0 Å². The number of hydrogen-bond acceptors (Lipinski definition) is 9. The van der Waals surface area contributed by atoms with E-state index in [4.69, 9.17) is 23.7 Å². The fourth-order valence-electron chi connectivity index (χ4n) is 2.80. The minimum Gasteiger partial charge on any atom is -0.493 e. The summed E-state index contributed by atoms with van der Waals surface area (Å²) in [4.78, 5) is 35.5. The fraction of sp³-hybridized carbons (Fsp3) is 0.300. The van der Waals surface area contributed by atoms with Gasteiger partial charge in [-0.1, -0.05) is 0 Å². The van der Waals surface area contributed by atoms with Gasteiger partial charge in [-0.25, -0.2) is 4.79 Å². The summed E-state index contributed by atoms with van der Waals surface area (Å²) in [5.41, 5.74) is -0.613. The van der Waals surface area contributed by atoms with E-state index in [0.29, 0.717) is 24.7 Å². The third kappa shape index (κ3) is 4.43. The molecule has 0 aromatic heterocycles. The minimum atomic E-state index is -1.03. The zero-order valence-corrected chi connectivity index (χ0v) is 16.3. The van der Waals surface area contributed by atoms with E-state index in [1.54, 1.807) is 13.0 Å². The van der Waals surface area contributed by atoms with Crippen molar-refractivity contribution in [2.75, 3.05) is 33.5 Å². The standard InChI is InChI=1S/C20H19NO9/c1-3-27-19-9-13(14(21(24)25)10-17(19)26-2)20(23)30-11-15(22)12-4-5-16-18(8-12)29-7-6-28-16/h4-5,8-10H,3,6-7,11H2,1-2H3. The average Bonchev–Trinajstić information content (AvgIpc) is 2.76. The van der Waals surface area contributed by atoms with E-state index >= 15 is 0 Å². The summed E-state index contributed by atoms with van der Waals surface area (Å²) in [6, 6.07) is 6.84. The van der Waals surface area contributed by atoms with Crippen molar-refractivity contribution in [1.29, 1.82) is 0 Å². The smallest absolute Gasteiger partial charge is 0.345 e. The van der Waals surface area contributed by atoms with Crippen LogP contribution in [-0.2, 0) is 4.74 Å². The molecule has 2 aromatic carbocycles. The number of ether oxygens (including phenoxy) is 5. The van der Waals surface area contributed by atoms with Gasteiger partial charge in [-0.05, 0) is 25.1 Å². The molecule has 10 heteroatoms. The Morgan fingerprint density at radius 1 is 1.10 bits per heavy atom. The number of rotatable bonds is 8. The third-order valence-electron chi connectivity index (χ3n) is 4.20. The number of carbonyl (C=O) groups is 2. The lowest BCUT2D eigenvalue weighted by Crippen LogP contribution is -2.18. The van der Waals surface area contributed by atoms with Gasteiger partial charge < -0.3 is 23.7 Å². The van der Waals surface area contributed by atoms with Crippen LogP contribution in [0.3, 0.4) is 0 Å². The molecule has 0 saturated heterocycles. The highest BCUT2D eigenvalue weighted by molar-refractivity contribution is 6.01. The topological polar surface area (TPSA) is 123 Å². The normalized spacial score (nSPS) is 12.1. The Labute approximate surface area is 171 Å². The number of nitrogens with zero attached hydrogens (tertiary/aromatic N) is 1. The van der Waals surface area contributed by atoms with Crippen molar-refractivity contribution < 1.29 is 38.2 Å². The van der Waals surface area contributed by atoms with Crippen LogP contribution in [0.1, 0.15) is 27.6 Å². The number of Topliss-reactive ketones (excluding diaryl/α,β-unsaturated/α-hetero) is 1. The summed E-state index contributed by atoms with van der Waals surface area (Å²) in [5, 5.41) is 11.4. The lowest BCUT2D eigenvalue weighted by molar-refractivity contribution is -0.385. The van der Waals surface area contributed by atoms with Gasteiger partial charge in [0, 0.05) is 11.6 Å². The van der Waals surface area contributed by atoms with E-state index in [2.05, 4.69) is 0 Å². The van der Waals surface area contributed by atoms with Crippen molar-refractivity contribution >= 4 is 17.4 Å². The molecule has 0 N–H and O–H groups in total. The second-order valence-electron chi connectivity index (χ2n) is 6.07. The van der Waals surface area contributed by atoms with Crippen molar-refractivity contribution in [3.8, 4) is 23.0 Å². The van der Waals surface area contributed by atoms with Crippen molar-refractivity contribution in [3.63, 3.8) is 0 Å². The SMILES string of the molecule is CCOc1cc(C(=O)OCC(=O)c2ccc3c(c2)OCCO3)c([N+](=O)[O-])cc1OC. The van der Waals surface area contributed by atoms with Crippen molar-refractivity contribution in [3.05, 3.63) is 51.6 Å². The van der Waals surface area contributed by atoms with Crippen LogP contribution in [0.4, 0.5) is 5.69 Å². The Morgan fingerprint density at radius 3 is 2.50 bits per heavy atom. The Morgan fingerprint density at radius 2 is 1.83 bits per heavy atom. The minimum absolute atomic E-state index is 0.104. The van der Waals surface area contributed by atoms with Crippen LogP contribution in [0.5, 0.6) is 23.0 Å². The predicted octanol–water partition coefficient (Wildman–Crippen LogP) is 2.81. The lowest BCUT2D eigenvalue weighted by Gasteiger charge is -2.18. The number of nitro benzene ring substituents is 1. The molecule has 158 valence electrons. The maximum absolute atomic E-state index is 12.5. The van der Waals surface area contributed by atoms with Gasteiger partial charge in [0.25, 0.3) is 5.69 Å². The quantitative estimate of drug-likeness (QED) is 0.276. The zero-order valence-electron chi connectivity index (χ0n) is 16.3. The molecule has 2 aromatic rings. The largest absolute Gasteiger partial charge is 0.493 e. The van der Waals surface area contributed by atoms with Crippen LogP contribution < -0.4 is 18.9 Å². The average molecular weight is 417 g/mol. The molecule has 1 aliphatic heterocycles. The van der Waals surface area contributed by atoms with E-state index in [1.165, 1.54) is 19.2 Å². The van der Waals surface area contributed by atoms with Crippen LogP contribution in [-0.4, -0.2) is 50.2 Å². The van der Waals surface area contributed by atoms with Gasteiger partial charge in [0.15, 0.2) is 35.4 Å². The van der Waals surface area contributed by atoms with Crippen LogP contribution in [0.2, 0.25) is 0 Å². The summed E-state index contributed by atoms with van der Waals surface area (Å²) in [7, 11) is 1.32. The van der Waals surface area contributed by atoms with Gasteiger partial charge in [-0.2, -0.15) is 0 Å². The molecular formula is C20H19NO9. The van der Waals surface area contributed by atoms with Crippen LogP contribution >= 0.6 is 0 Å². The van der Waals surface area contributed by atoms with E-state index in [9.17, 15) is 19.7 Å². The number of benzene rings is 2. The van der Waals surface area contributed by atoms with Crippen molar-refractivity contribution in [1.82, 2.24) is 0 Å². The molecule has 0 fully saturated rings. The molecule has 0 amide bonds. The molecule has 0 spiro atoms. The van der Waals surface area contributed by atoms with Crippen LogP contribution in [0.15, 0.2) is 30.3 Å². The predicted molar refractivity (Wildman–Crippen MR) is 103 cm³/mol. The molecule has 30 heavy (non-hydrogen) atoms. The molecular weight excluding hydrogens is 398 g/mol. The van der Waals surface area contributed by atoms with E-state index < -0.39 is 29.0 Å². The van der Waals surface area contributed by atoms with E-state index in [-0.39, 0.29) is 29.2 Å². The lowest BCUT2D eigenvalue weighted by atomic mass is 10.1. The molecule has 0 saturated carbocycles. The first-order valence-corrected chi connectivity index (χ1v) is 9.03. The van der Waals surface area contributed by atoms with Crippen LogP contribution in [0.25, 0.3) is 0 Å². The number of fused-ring (bicyclic) bond motifs is 1. The highest BCUT2D eigenvalue weighted by atomic mass is 16.6. The monoisotopic (exact) mass is 417 g/mol. The molecule has 0 aliphatic carbocycles. The second kappa shape index (κ2) is 9.12. The second-order valence-corrected chi connectivity index (χ2v) is 6.07. The number of nitro groups is 1. The van der Waals surface area contributed by atoms with E-state index in [0.717, 1.165) is 12.1 Å². The molecule has 10 nitrogen and oxygen atoms in total. The summed E-state index contributed by atoms with van der Waals surface area (Å²) < 4.78 is 26.3. The fourth-order valence-corrected chi connectivity index (χ4v) is 2.80. The summed E-state index contributed by atoms with van der Waals surface area (Å²) in [5.74, 6) is -0.335. The highest BCUT2D eigenvalue weighted by Crippen LogP contribution is 2.35. The first kappa shape index (κ1) is 20.9. The summed E-state index contributed by atoms with van der Waals surface area (Å²) >= 11 is 0. The Balaban J connectivity index is 1.77.